The molecule has 0 aromatic carbocycles. The standard InChI is InChI=1S/C14H21N7O/c1-3-10(12-15-9-16-21(12)4-2)17-14(22)13-19-18-11-7-5-6-8-20(11)13/h9-10H,3-8H2,1-2H3,(H,17,22). The Morgan fingerprint density at radius 2 is 2.23 bits per heavy atom. The Hall–Kier alpha value is -2.25. The Balaban J connectivity index is 1.79. The maximum Gasteiger partial charge on any atom is 0.289 e. The maximum absolute atomic E-state index is 12.5. The number of rotatable bonds is 5. The van der Waals surface area contributed by atoms with Gasteiger partial charge in [0.05, 0.1) is 6.04 Å². The van der Waals surface area contributed by atoms with Crippen molar-refractivity contribution in [3.8, 4) is 0 Å². The molecule has 8 heteroatoms. The summed E-state index contributed by atoms with van der Waals surface area (Å²) in [6.07, 6.45) is 5.32. The number of aromatic nitrogens is 6. The second-order valence-corrected chi connectivity index (χ2v) is 5.42. The minimum absolute atomic E-state index is 0.175. The van der Waals surface area contributed by atoms with Crippen LogP contribution in [-0.2, 0) is 19.5 Å². The summed E-state index contributed by atoms with van der Waals surface area (Å²) in [5.41, 5.74) is 0. The molecule has 1 aliphatic heterocycles. The van der Waals surface area contributed by atoms with Gasteiger partial charge >= 0.3 is 0 Å². The van der Waals surface area contributed by atoms with Crippen LogP contribution in [0.1, 0.15) is 61.4 Å². The van der Waals surface area contributed by atoms with Crippen molar-refractivity contribution < 1.29 is 4.79 Å². The first kappa shape index (κ1) is 14.7. The van der Waals surface area contributed by atoms with Crippen LogP contribution in [0.5, 0.6) is 0 Å². The highest BCUT2D eigenvalue weighted by atomic mass is 16.2. The zero-order chi connectivity index (χ0) is 15.5. The summed E-state index contributed by atoms with van der Waals surface area (Å²) in [5.74, 6) is 1.88. The molecule has 1 atom stereocenters. The van der Waals surface area contributed by atoms with Crippen molar-refractivity contribution in [1.29, 1.82) is 0 Å². The van der Waals surface area contributed by atoms with Crippen molar-refractivity contribution in [3.63, 3.8) is 0 Å². The molecule has 0 spiro atoms. The van der Waals surface area contributed by atoms with Crippen molar-refractivity contribution >= 4 is 5.91 Å². The van der Waals surface area contributed by atoms with E-state index in [1.165, 1.54) is 6.33 Å². The van der Waals surface area contributed by atoms with E-state index in [0.29, 0.717) is 5.82 Å². The first-order valence-electron chi connectivity index (χ1n) is 7.85. The van der Waals surface area contributed by atoms with Crippen LogP contribution >= 0.6 is 0 Å². The van der Waals surface area contributed by atoms with Crippen LogP contribution in [0.2, 0.25) is 0 Å². The van der Waals surface area contributed by atoms with Crippen molar-refractivity contribution in [2.45, 2.75) is 58.7 Å². The van der Waals surface area contributed by atoms with Gasteiger partial charge in [-0.1, -0.05) is 6.92 Å². The van der Waals surface area contributed by atoms with E-state index in [4.69, 9.17) is 0 Å². The lowest BCUT2D eigenvalue weighted by molar-refractivity contribution is 0.0916. The number of carbonyl (C=O) groups excluding carboxylic acids is 1. The number of nitrogens with one attached hydrogen (secondary N) is 1. The average Bonchev–Trinajstić information content (AvgIpc) is 3.18. The Bertz CT molecular complexity index is 660. The lowest BCUT2D eigenvalue weighted by atomic mass is 10.1. The van der Waals surface area contributed by atoms with Crippen LogP contribution in [0.4, 0.5) is 0 Å². The molecule has 0 fully saturated rings. The first-order valence-corrected chi connectivity index (χ1v) is 7.85. The summed E-state index contributed by atoms with van der Waals surface area (Å²) in [7, 11) is 0. The van der Waals surface area contributed by atoms with Crippen LogP contribution in [0, 0.1) is 0 Å². The molecular formula is C14H21N7O. The van der Waals surface area contributed by atoms with Crippen LogP contribution in [0.3, 0.4) is 0 Å². The molecule has 1 unspecified atom stereocenters. The minimum Gasteiger partial charge on any atom is -0.339 e. The summed E-state index contributed by atoms with van der Waals surface area (Å²) in [6.45, 7) is 5.55. The van der Waals surface area contributed by atoms with E-state index in [9.17, 15) is 4.79 Å². The number of hydrogen-bond acceptors (Lipinski definition) is 5. The molecule has 2 aromatic heterocycles. The Labute approximate surface area is 128 Å². The van der Waals surface area contributed by atoms with Gasteiger partial charge in [0, 0.05) is 19.5 Å². The molecular weight excluding hydrogens is 282 g/mol. The van der Waals surface area contributed by atoms with Gasteiger partial charge in [-0.3, -0.25) is 4.79 Å². The van der Waals surface area contributed by atoms with Crippen LogP contribution in [-0.4, -0.2) is 35.4 Å². The third-order valence-corrected chi connectivity index (χ3v) is 4.03. The number of carbonyl (C=O) groups is 1. The monoisotopic (exact) mass is 303 g/mol. The third-order valence-electron chi connectivity index (χ3n) is 4.03. The molecule has 0 saturated heterocycles. The molecule has 1 aliphatic rings. The summed E-state index contributed by atoms with van der Waals surface area (Å²) in [4.78, 5) is 16.8. The fraction of sp³-hybridized carbons (Fsp3) is 0.643. The Kier molecular flexibility index (Phi) is 4.17. The van der Waals surface area contributed by atoms with E-state index in [0.717, 1.165) is 50.4 Å². The van der Waals surface area contributed by atoms with Crippen LogP contribution in [0.25, 0.3) is 0 Å². The van der Waals surface area contributed by atoms with Crippen LogP contribution in [0.15, 0.2) is 6.33 Å². The molecule has 118 valence electrons. The molecule has 0 aliphatic carbocycles. The molecule has 1 amide bonds. The molecule has 2 aromatic rings. The highest BCUT2D eigenvalue weighted by Crippen LogP contribution is 2.17. The SMILES string of the molecule is CCC(NC(=O)c1nnc2n1CCCC2)c1ncnn1CC. The van der Waals surface area contributed by atoms with Gasteiger partial charge in [-0.25, -0.2) is 9.67 Å². The number of fused-ring (bicyclic) bond motifs is 1. The topological polar surface area (TPSA) is 90.5 Å². The van der Waals surface area contributed by atoms with Gasteiger partial charge in [-0.2, -0.15) is 5.10 Å². The predicted molar refractivity (Wildman–Crippen MR) is 79.2 cm³/mol. The van der Waals surface area contributed by atoms with Crippen molar-refractivity contribution in [2.75, 3.05) is 0 Å². The predicted octanol–water partition coefficient (Wildman–Crippen LogP) is 1.11. The molecule has 8 nitrogen and oxygen atoms in total. The van der Waals surface area contributed by atoms with E-state index in [1.807, 2.05) is 18.4 Å². The van der Waals surface area contributed by atoms with Crippen molar-refractivity contribution in [3.05, 3.63) is 23.8 Å². The van der Waals surface area contributed by atoms with Gasteiger partial charge in [0.2, 0.25) is 5.82 Å². The minimum atomic E-state index is -0.196. The molecule has 0 saturated carbocycles. The second kappa shape index (κ2) is 6.25. The molecule has 3 heterocycles. The largest absolute Gasteiger partial charge is 0.339 e. The van der Waals surface area contributed by atoms with Gasteiger partial charge < -0.3 is 9.88 Å². The zero-order valence-electron chi connectivity index (χ0n) is 13.0. The summed E-state index contributed by atoms with van der Waals surface area (Å²) in [6, 6.07) is -0.175. The molecule has 0 radical (unpaired) electrons. The summed E-state index contributed by atoms with van der Waals surface area (Å²) in [5, 5.41) is 15.4. The number of amides is 1. The van der Waals surface area contributed by atoms with Gasteiger partial charge in [0.15, 0.2) is 0 Å². The molecule has 0 bridgehead atoms. The van der Waals surface area contributed by atoms with Crippen LogP contribution < -0.4 is 5.32 Å². The van der Waals surface area contributed by atoms with Gasteiger partial charge in [0.1, 0.15) is 18.0 Å². The number of aryl methyl sites for hydroxylation is 2. The van der Waals surface area contributed by atoms with Gasteiger partial charge in [-0.15, -0.1) is 10.2 Å². The summed E-state index contributed by atoms with van der Waals surface area (Å²) >= 11 is 0. The van der Waals surface area contributed by atoms with Crippen molar-refractivity contribution in [1.82, 2.24) is 34.8 Å². The Morgan fingerprint density at radius 1 is 1.36 bits per heavy atom. The third kappa shape index (κ3) is 2.60. The van der Waals surface area contributed by atoms with E-state index < -0.39 is 0 Å². The van der Waals surface area contributed by atoms with Gasteiger partial charge in [0.25, 0.3) is 5.91 Å². The van der Waals surface area contributed by atoms with E-state index >= 15 is 0 Å². The average molecular weight is 303 g/mol. The first-order chi connectivity index (χ1) is 10.7. The zero-order valence-corrected chi connectivity index (χ0v) is 13.0. The van der Waals surface area contributed by atoms with E-state index in [2.05, 4.69) is 25.6 Å². The highest BCUT2D eigenvalue weighted by molar-refractivity contribution is 5.91. The molecule has 3 rings (SSSR count). The molecule has 22 heavy (non-hydrogen) atoms. The quantitative estimate of drug-likeness (QED) is 0.893. The fourth-order valence-corrected chi connectivity index (χ4v) is 2.83. The lowest BCUT2D eigenvalue weighted by Crippen LogP contribution is -2.33. The lowest BCUT2D eigenvalue weighted by Gasteiger charge is -2.18. The number of hydrogen-bond donors (Lipinski definition) is 1. The Morgan fingerprint density at radius 3 is 3.00 bits per heavy atom. The van der Waals surface area contributed by atoms with Crippen molar-refractivity contribution in [2.24, 2.45) is 0 Å². The molecule has 1 N–H and O–H groups in total. The van der Waals surface area contributed by atoms with E-state index in [1.54, 1.807) is 4.68 Å². The number of nitrogens with zero attached hydrogens (tertiary/aromatic N) is 6. The maximum atomic E-state index is 12.5. The summed E-state index contributed by atoms with van der Waals surface area (Å²) < 4.78 is 3.73. The smallest absolute Gasteiger partial charge is 0.289 e. The van der Waals surface area contributed by atoms with Gasteiger partial charge in [-0.05, 0) is 26.2 Å². The normalized spacial score (nSPS) is 15.4. The fourth-order valence-electron chi connectivity index (χ4n) is 2.83. The van der Waals surface area contributed by atoms with E-state index in [-0.39, 0.29) is 11.9 Å². The second-order valence-electron chi connectivity index (χ2n) is 5.42. The highest BCUT2D eigenvalue weighted by Gasteiger charge is 2.24.